The summed E-state index contributed by atoms with van der Waals surface area (Å²) in [7, 11) is 0. The van der Waals surface area contributed by atoms with Gasteiger partial charge in [-0.25, -0.2) is 4.98 Å². The fourth-order valence-electron chi connectivity index (χ4n) is 7.26. The molecule has 0 unspecified atom stereocenters. The summed E-state index contributed by atoms with van der Waals surface area (Å²) in [5.74, 6) is 0. The average Bonchev–Trinajstić information content (AvgIpc) is 3.30. The number of hydrogen-bond acceptors (Lipinski definition) is 3. The van der Waals surface area contributed by atoms with E-state index in [9.17, 15) is 0 Å². The van der Waals surface area contributed by atoms with Crippen LogP contribution in [0.1, 0.15) is 25.0 Å². The first-order valence-corrected chi connectivity index (χ1v) is 14.8. The Morgan fingerprint density at radius 2 is 1.09 bits per heavy atom. The zero-order valence-corrected chi connectivity index (χ0v) is 24.0. The van der Waals surface area contributed by atoms with Gasteiger partial charge in [-0.1, -0.05) is 105 Å². The van der Waals surface area contributed by atoms with Gasteiger partial charge in [0.2, 0.25) is 0 Å². The van der Waals surface area contributed by atoms with Crippen molar-refractivity contribution in [1.29, 1.82) is 0 Å². The molecule has 0 radical (unpaired) electrons. The smallest absolute Gasteiger partial charge is 0.0971 e. The molecule has 0 fully saturated rings. The van der Waals surface area contributed by atoms with Gasteiger partial charge in [-0.3, -0.25) is 9.97 Å². The summed E-state index contributed by atoms with van der Waals surface area (Å²) in [6, 6.07) is 41.4. The van der Waals surface area contributed by atoms with E-state index in [2.05, 4.69) is 117 Å². The van der Waals surface area contributed by atoms with Crippen molar-refractivity contribution in [2.24, 2.45) is 0 Å². The predicted octanol–water partition coefficient (Wildman–Crippen LogP) is 10.1. The lowest BCUT2D eigenvalue weighted by Gasteiger charge is -2.22. The lowest BCUT2D eigenvalue weighted by molar-refractivity contribution is 0.660. The van der Waals surface area contributed by atoms with Crippen LogP contribution in [0.2, 0.25) is 0 Å². The van der Waals surface area contributed by atoms with E-state index in [1.165, 1.54) is 38.8 Å². The van der Waals surface area contributed by atoms with Gasteiger partial charge in [0.05, 0.1) is 22.2 Å². The van der Waals surface area contributed by atoms with Crippen molar-refractivity contribution in [3.8, 4) is 33.5 Å². The molecule has 0 N–H and O–H groups in total. The van der Waals surface area contributed by atoms with Crippen molar-refractivity contribution in [3.63, 3.8) is 0 Å². The highest BCUT2D eigenvalue weighted by Gasteiger charge is 2.35. The predicted molar refractivity (Wildman–Crippen MR) is 178 cm³/mol. The van der Waals surface area contributed by atoms with Gasteiger partial charge in [0, 0.05) is 50.3 Å². The first kappa shape index (κ1) is 24.2. The number of pyridine rings is 3. The standard InChI is InChI=1S/C40H27N3/c1-40(2)32-13-5-3-9-27(32)28-20-19-26(23-33(28)40)24-15-17-25(18-16-24)37-36-31-12-8-22-42-39(31)38-30(11-7-21-41-38)35(36)29-10-4-6-14-34(29)43-37/h3-23H,1-2H3. The number of para-hydroxylation sites is 1. The molecule has 43 heavy (non-hydrogen) atoms. The quantitative estimate of drug-likeness (QED) is 0.201. The normalized spacial score (nSPS) is 13.5. The van der Waals surface area contributed by atoms with Crippen LogP contribution in [-0.4, -0.2) is 15.0 Å². The molecule has 5 aromatic carbocycles. The topological polar surface area (TPSA) is 38.7 Å². The fraction of sp³-hybridized carbons (Fsp3) is 0.0750. The Morgan fingerprint density at radius 1 is 0.488 bits per heavy atom. The Kier molecular flexibility index (Phi) is 4.95. The molecular weight excluding hydrogens is 522 g/mol. The summed E-state index contributed by atoms with van der Waals surface area (Å²) in [5.41, 5.74) is 12.7. The number of aromatic nitrogens is 3. The Labute approximate surface area is 249 Å². The molecule has 9 rings (SSSR count). The van der Waals surface area contributed by atoms with E-state index < -0.39 is 0 Å². The summed E-state index contributed by atoms with van der Waals surface area (Å²) in [4.78, 5) is 14.8. The van der Waals surface area contributed by atoms with Crippen molar-refractivity contribution in [3.05, 3.63) is 139 Å². The molecule has 3 nitrogen and oxygen atoms in total. The van der Waals surface area contributed by atoms with Crippen LogP contribution < -0.4 is 0 Å². The van der Waals surface area contributed by atoms with Crippen LogP contribution >= 0.6 is 0 Å². The second-order valence-electron chi connectivity index (χ2n) is 12.0. The first-order chi connectivity index (χ1) is 21.1. The molecule has 3 heteroatoms. The van der Waals surface area contributed by atoms with Gasteiger partial charge in [0.1, 0.15) is 0 Å². The maximum atomic E-state index is 5.27. The molecular formula is C40H27N3. The third-order valence-corrected chi connectivity index (χ3v) is 9.35. The van der Waals surface area contributed by atoms with Gasteiger partial charge in [-0.05, 0) is 57.6 Å². The van der Waals surface area contributed by atoms with Crippen LogP contribution in [0.4, 0.5) is 0 Å². The van der Waals surface area contributed by atoms with Gasteiger partial charge in [-0.15, -0.1) is 0 Å². The molecule has 1 aliphatic carbocycles. The Balaban J connectivity index is 1.25. The van der Waals surface area contributed by atoms with E-state index in [1.807, 2.05) is 24.5 Å². The van der Waals surface area contributed by atoms with E-state index >= 15 is 0 Å². The fourth-order valence-corrected chi connectivity index (χ4v) is 7.26. The highest BCUT2D eigenvalue weighted by molar-refractivity contribution is 6.32. The van der Waals surface area contributed by atoms with Crippen molar-refractivity contribution < 1.29 is 0 Å². The second-order valence-corrected chi connectivity index (χ2v) is 12.0. The number of fused-ring (bicyclic) bond motifs is 11. The number of hydrogen-bond donors (Lipinski definition) is 0. The number of rotatable bonds is 2. The van der Waals surface area contributed by atoms with E-state index in [0.29, 0.717) is 0 Å². The van der Waals surface area contributed by atoms with E-state index in [-0.39, 0.29) is 5.41 Å². The molecule has 202 valence electrons. The minimum Gasteiger partial charge on any atom is -0.254 e. The van der Waals surface area contributed by atoms with E-state index in [0.717, 1.165) is 49.4 Å². The van der Waals surface area contributed by atoms with Crippen LogP contribution in [0.15, 0.2) is 128 Å². The van der Waals surface area contributed by atoms with Crippen molar-refractivity contribution in [2.45, 2.75) is 19.3 Å². The van der Waals surface area contributed by atoms with Gasteiger partial charge in [0.15, 0.2) is 0 Å². The Bertz CT molecular complexity index is 2420. The number of benzene rings is 5. The molecule has 0 bridgehead atoms. The van der Waals surface area contributed by atoms with Gasteiger partial charge in [-0.2, -0.15) is 0 Å². The van der Waals surface area contributed by atoms with Crippen LogP contribution in [0.25, 0.3) is 77.0 Å². The van der Waals surface area contributed by atoms with E-state index in [4.69, 9.17) is 15.0 Å². The van der Waals surface area contributed by atoms with Crippen molar-refractivity contribution >= 4 is 43.5 Å². The summed E-state index contributed by atoms with van der Waals surface area (Å²) in [5, 5.41) is 5.59. The number of nitrogens with zero attached hydrogens (tertiary/aromatic N) is 3. The first-order valence-electron chi connectivity index (χ1n) is 14.8. The van der Waals surface area contributed by atoms with Gasteiger partial charge >= 0.3 is 0 Å². The molecule has 0 saturated heterocycles. The molecule has 0 saturated carbocycles. The molecule has 3 heterocycles. The third kappa shape index (κ3) is 3.39. The van der Waals surface area contributed by atoms with Crippen LogP contribution in [0.3, 0.4) is 0 Å². The van der Waals surface area contributed by atoms with Crippen molar-refractivity contribution in [1.82, 2.24) is 15.0 Å². The van der Waals surface area contributed by atoms with E-state index in [1.54, 1.807) is 0 Å². The maximum Gasteiger partial charge on any atom is 0.0971 e. The summed E-state index contributed by atoms with van der Waals surface area (Å²) < 4.78 is 0. The van der Waals surface area contributed by atoms with Crippen LogP contribution in [-0.2, 0) is 5.41 Å². The lowest BCUT2D eigenvalue weighted by atomic mass is 9.81. The zero-order valence-electron chi connectivity index (χ0n) is 24.0. The van der Waals surface area contributed by atoms with Gasteiger partial charge < -0.3 is 0 Å². The largest absolute Gasteiger partial charge is 0.254 e. The highest BCUT2D eigenvalue weighted by Crippen LogP contribution is 2.49. The minimum absolute atomic E-state index is 0.0253. The molecule has 1 aliphatic rings. The Morgan fingerprint density at radius 3 is 1.88 bits per heavy atom. The average molecular weight is 550 g/mol. The molecule has 0 atom stereocenters. The highest BCUT2D eigenvalue weighted by atomic mass is 14.7. The molecule has 8 aromatic rings. The zero-order chi connectivity index (χ0) is 28.7. The lowest BCUT2D eigenvalue weighted by Crippen LogP contribution is -2.14. The summed E-state index contributed by atoms with van der Waals surface area (Å²) >= 11 is 0. The summed E-state index contributed by atoms with van der Waals surface area (Å²) in [6.45, 7) is 4.67. The summed E-state index contributed by atoms with van der Waals surface area (Å²) in [6.07, 6.45) is 3.70. The third-order valence-electron chi connectivity index (χ3n) is 9.35. The molecule has 0 aliphatic heterocycles. The second kappa shape index (κ2) is 8.80. The van der Waals surface area contributed by atoms with Crippen LogP contribution in [0.5, 0.6) is 0 Å². The molecule has 0 amide bonds. The molecule has 0 spiro atoms. The SMILES string of the molecule is CC1(C)c2ccccc2-c2ccc(-c3ccc(-c4nc5ccccc5c5c6cccnc6c6ncccc6c45)cc3)cc21. The van der Waals surface area contributed by atoms with Gasteiger partial charge in [0.25, 0.3) is 0 Å². The minimum atomic E-state index is -0.0253. The Hall–Kier alpha value is -5.41. The van der Waals surface area contributed by atoms with Crippen molar-refractivity contribution in [2.75, 3.05) is 0 Å². The van der Waals surface area contributed by atoms with Crippen LogP contribution in [0, 0.1) is 0 Å². The monoisotopic (exact) mass is 549 g/mol. The maximum absolute atomic E-state index is 5.27. The molecule has 3 aromatic heterocycles.